The number of methoxy groups -OCH3 is 1. The van der Waals surface area contributed by atoms with Crippen LogP contribution in [0, 0.1) is 0 Å². The molecule has 0 aliphatic carbocycles. The Bertz CT molecular complexity index is 1120. The van der Waals surface area contributed by atoms with Crippen molar-refractivity contribution in [2.45, 2.75) is 12.5 Å². The lowest BCUT2D eigenvalue weighted by molar-refractivity contribution is -0.140. The highest BCUT2D eigenvalue weighted by atomic mass is 16.6. The summed E-state index contributed by atoms with van der Waals surface area (Å²) in [5.74, 6) is 0.305. The fourth-order valence-corrected chi connectivity index (χ4v) is 4.37. The number of benzene rings is 2. The molecule has 1 N–H and O–H groups in total. The van der Waals surface area contributed by atoms with Crippen LogP contribution in [0.5, 0.6) is 17.2 Å². The third kappa shape index (κ3) is 3.36. The first kappa shape index (κ1) is 20.4. The van der Waals surface area contributed by atoms with Crippen LogP contribution in [-0.4, -0.2) is 61.8 Å². The molecular weight excluding hydrogens is 414 g/mol. The molecule has 3 aliphatic heterocycles. The molecule has 1 amide bonds. The number of aliphatic hydroxyl groups is 1. The highest BCUT2D eigenvalue weighted by molar-refractivity contribution is 6.46. The second-order valence-corrected chi connectivity index (χ2v) is 7.81. The molecule has 0 saturated carbocycles. The molecule has 8 heteroatoms. The normalized spacial score (nSPS) is 20.9. The Kier molecular flexibility index (Phi) is 5.22. The standard InChI is InChI=1S/C24H23NO7/c1-29-9-7-25-21(15-2-5-18-19(13-15)32-11-10-31-18)20(23(27)24(25)28)22(26)16-3-4-17-14(12-16)6-8-30-17/h2-5,12-13,21,26H,6-11H2,1H3/b22-20-. The van der Waals surface area contributed by atoms with Crippen molar-refractivity contribution in [3.63, 3.8) is 0 Å². The summed E-state index contributed by atoms with van der Waals surface area (Å²) < 4.78 is 22.0. The van der Waals surface area contributed by atoms with Gasteiger partial charge in [-0.05, 0) is 41.5 Å². The van der Waals surface area contributed by atoms with Crippen molar-refractivity contribution >= 4 is 17.4 Å². The maximum Gasteiger partial charge on any atom is 0.295 e. The minimum absolute atomic E-state index is 0.0432. The lowest BCUT2D eigenvalue weighted by atomic mass is 9.94. The third-order valence-electron chi connectivity index (χ3n) is 5.92. The van der Waals surface area contributed by atoms with E-state index in [1.54, 1.807) is 36.4 Å². The molecule has 1 saturated heterocycles. The number of ether oxygens (including phenoxy) is 4. The van der Waals surface area contributed by atoms with Gasteiger partial charge in [-0.15, -0.1) is 0 Å². The van der Waals surface area contributed by atoms with Gasteiger partial charge < -0.3 is 29.0 Å². The number of rotatable bonds is 5. The maximum absolute atomic E-state index is 13.1. The van der Waals surface area contributed by atoms with Crippen molar-refractivity contribution in [2.75, 3.05) is 40.1 Å². The first-order chi connectivity index (χ1) is 15.6. The van der Waals surface area contributed by atoms with Crippen LogP contribution in [0.25, 0.3) is 5.76 Å². The number of aliphatic hydroxyl groups excluding tert-OH is 1. The molecule has 3 aliphatic rings. The van der Waals surface area contributed by atoms with E-state index in [0.717, 1.165) is 17.7 Å². The van der Waals surface area contributed by atoms with Gasteiger partial charge in [0.25, 0.3) is 11.7 Å². The van der Waals surface area contributed by atoms with Crippen LogP contribution in [-0.2, 0) is 20.7 Å². The molecule has 0 radical (unpaired) electrons. The van der Waals surface area contributed by atoms with E-state index >= 15 is 0 Å². The van der Waals surface area contributed by atoms with Crippen LogP contribution in [0.2, 0.25) is 0 Å². The number of carbonyl (C=O) groups excluding carboxylic acids is 2. The van der Waals surface area contributed by atoms with Gasteiger partial charge in [0.2, 0.25) is 0 Å². The molecule has 0 aromatic heterocycles. The first-order valence-electron chi connectivity index (χ1n) is 10.5. The molecule has 5 rings (SSSR count). The van der Waals surface area contributed by atoms with Crippen molar-refractivity contribution in [3.05, 3.63) is 58.7 Å². The molecule has 0 bridgehead atoms. The number of carbonyl (C=O) groups is 2. The lowest BCUT2D eigenvalue weighted by Gasteiger charge is -2.26. The fourth-order valence-electron chi connectivity index (χ4n) is 4.37. The number of amides is 1. The summed E-state index contributed by atoms with van der Waals surface area (Å²) in [6.45, 7) is 1.91. The molecule has 166 valence electrons. The summed E-state index contributed by atoms with van der Waals surface area (Å²) in [5.41, 5.74) is 2.12. The summed E-state index contributed by atoms with van der Waals surface area (Å²) in [6.07, 6.45) is 0.726. The molecule has 3 heterocycles. The summed E-state index contributed by atoms with van der Waals surface area (Å²) in [7, 11) is 1.53. The zero-order valence-corrected chi connectivity index (χ0v) is 17.6. The van der Waals surface area contributed by atoms with E-state index in [-0.39, 0.29) is 24.5 Å². The van der Waals surface area contributed by atoms with Crippen molar-refractivity contribution in [1.29, 1.82) is 0 Å². The van der Waals surface area contributed by atoms with Crippen molar-refractivity contribution < 1.29 is 33.6 Å². The van der Waals surface area contributed by atoms with E-state index in [4.69, 9.17) is 18.9 Å². The quantitative estimate of drug-likeness (QED) is 0.436. The van der Waals surface area contributed by atoms with Gasteiger partial charge in [0.15, 0.2) is 11.5 Å². The molecule has 32 heavy (non-hydrogen) atoms. The van der Waals surface area contributed by atoms with Gasteiger partial charge in [-0.2, -0.15) is 0 Å². The van der Waals surface area contributed by atoms with Gasteiger partial charge in [0, 0.05) is 25.6 Å². The molecule has 1 fully saturated rings. The Hall–Kier alpha value is -3.52. The molecule has 8 nitrogen and oxygen atoms in total. The van der Waals surface area contributed by atoms with Crippen molar-refractivity contribution in [2.24, 2.45) is 0 Å². The summed E-state index contributed by atoms with van der Waals surface area (Å²) >= 11 is 0. The smallest absolute Gasteiger partial charge is 0.295 e. The van der Waals surface area contributed by atoms with Crippen molar-refractivity contribution in [3.8, 4) is 17.2 Å². The number of likely N-dealkylation sites (tertiary alicyclic amines) is 1. The summed E-state index contributed by atoms with van der Waals surface area (Å²) in [6, 6.07) is 9.81. The number of ketones is 1. The predicted octanol–water partition coefficient (Wildman–Crippen LogP) is 2.46. The molecule has 1 unspecified atom stereocenters. The van der Waals surface area contributed by atoms with Crippen LogP contribution in [0.4, 0.5) is 0 Å². The van der Waals surface area contributed by atoms with Gasteiger partial charge in [-0.25, -0.2) is 0 Å². The molecule has 1 atom stereocenters. The van der Waals surface area contributed by atoms with Crippen LogP contribution < -0.4 is 14.2 Å². The zero-order chi connectivity index (χ0) is 22.2. The molecular formula is C24H23NO7. The molecule has 2 aromatic rings. The van der Waals surface area contributed by atoms with E-state index < -0.39 is 17.7 Å². The Labute approximate surface area is 184 Å². The monoisotopic (exact) mass is 437 g/mol. The van der Waals surface area contributed by atoms with E-state index in [0.29, 0.717) is 42.4 Å². The van der Waals surface area contributed by atoms with Gasteiger partial charge in [-0.1, -0.05) is 6.07 Å². The van der Waals surface area contributed by atoms with Crippen LogP contribution in [0.3, 0.4) is 0 Å². The van der Waals surface area contributed by atoms with E-state index in [2.05, 4.69) is 0 Å². The average Bonchev–Trinajstić information content (AvgIpc) is 3.39. The van der Waals surface area contributed by atoms with Gasteiger partial charge in [0.05, 0.1) is 24.8 Å². The van der Waals surface area contributed by atoms with Crippen LogP contribution >= 0.6 is 0 Å². The van der Waals surface area contributed by atoms with Crippen LogP contribution in [0.15, 0.2) is 42.0 Å². The number of Topliss-reactive ketones (excluding diaryl/α,β-unsaturated/α-hetero) is 1. The Morgan fingerprint density at radius 2 is 1.78 bits per heavy atom. The Balaban J connectivity index is 1.63. The second kappa shape index (κ2) is 8.20. The van der Waals surface area contributed by atoms with Gasteiger partial charge >= 0.3 is 0 Å². The minimum atomic E-state index is -0.773. The SMILES string of the molecule is COCCN1C(=O)C(=O)/C(=C(\O)c2ccc3c(c2)CCO3)C1c1ccc2c(c1)OCCO2. The van der Waals surface area contributed by atoms with Crippen LogP contribution in [0.1, 0.15) is 22.7 Å². The largest absolute Gasteiger partial charge is 0.507 e. The maximum atomic E-state index is 13.1. The summed E-state index contributed by atoms with van der Waals surface area (Å²) in [5, 5.41) is 11.2. The average molecular weight is 437 g/mol. The van der Waals surface area contributed by atoms with E-state index in [1.807, 2.05) is 0 Å². The highest BCUT2D eigenvalue weighted by Crippen LogP contribution is 2.42. The molecule has 2 aromatic carbocycles. The number of nitrogens with zero attached hydrogens (tertiary/aromatic N) is 1. The Morgan fingerprint density at radius 1 is 1.03 bits per heavy atom. The Morgan fingerprint density at radius 3 is 2.59 bits per heavy atom. The van der Waals surface area contributed by atoms with Crippen molar-refractivity contribution in [1.82, 2.24) is 4.90 Å². The minimum Gasteiger partial charge on any atom is -0.507 e. The zero-order valence-electron chi connectivity index (χ0n) is 17.6. The number of hydrogen-bond acceptors (Lipinski definition) is 7. The third-order valence-corrected chi connectivity index (χ3v) is 5.92. The first-order valence-corrected chi connectivity index (χ1v) is 10.5. The lowest BCUT2D eigenvalue weighted by Crippen LogP contribution is -2.32. The fraction of sp³-hybridized carbons (Fsp3) is 0.333. The van der Waals surface area contributed by atoms with E-state index in [9.17, 15) is 14.7 Å². The van der Waals surface area contributed by atoms with Gasteiger partial charge in [0.1, 0.15) is 24.7 Å². The second-order valence-electron chi connectivity index (χ2n) is 7.81. The van der Waals surface area contributed by atoms with Gasteiger partial charge in [-0.3, -0.25) is 9.59 Å². The predicted molar refractivity (Wildman–Crippen MR) is 114 cm³/mol. The highest BCUT2D eigenvalue weighted by Gasteiger charge is 2.46. The number of hydrogen-bond donors (Lipinski definition) is 1. The topological polar surface area (TPSA) is 94.5 Å². The molecule has 0 spiro atoms. The van der Waals surface area contributed by atoms with E-state index in [1.165, 1.54) is 12.0 Å². The number of fused-ring (bicyclic) bond motifs is 2. The summed E-state index contributed by atoms with van der Waals surface area (Å²) in [4.78, 5) is 27.4.